The summed E-state index contributed by atoms with van der Waals surface area (Å²) in [5, 5.41) is 0.759. The predicted molar refractivity (Wildman–Crippen MR) is 57.2 cm³/mol. The van der Waals surface area contributed by atoms with E-state index in [1.165, 1.54) is 11.5 Å². The molecule has 0 bridgehead atoms. The summed E-state index contributed by atoms with van der Waals surface area (Å²) in [6.45, 7) is 5.81. The molecule has 1 N–H and O–H groups in total. The van der Waals surface area contributed by atoms with Gasteiger partial charge in [-0.1, -0.05) is 29.8 Å². The van der Waals surface area contributed by atoms with Crippen LogP contribution in [0.15, 0.2) is 29.6 Å². The Morgan fingerprint density at radius 1 is 1.54 bits per heavy atom. The van der Waals surface area contributed by atoms with Gasteiger partial charge >= 0.3 is 0 Å². The van der Waals surface area contributed by atoms with Crippen molar-refractivity contribution in [1.29, 1.82) is 0 Å². The molecular formula is C10H9NOS. The minimum Gasteiger partial charge on any atom is -0.277 e. The van der Waals surface area contributed by atoms with Crippen LogP contribution in [0.3, 0.4) is 0 Å². The van der Waals surface area contributed by atoms with Crippen molar-refractivity contribution in [2.45, 2.75) is 6.92 Å². The van der Waals surface area contributed by atoms with Crippen LogP contribution in [0.1, 0.15) is 12.5 Å². The van der Waals surface area contributed by atoms with Crippen LogP contribution in [0.4, 0.5) is 0 Å². The van der Waals surface area contributed by atoms with Crippen molar-refractivity contribution in [3.8, 4) is 0 Å². The molecule has 2 aromatic rings. The third kappa shape index (κ3) is 1.31. The zero-order valence-electron chi connectivity index (χ0n) is 7.26. The quantitative estimate of drug-likeness (QED) is 0.738. The number of nitrogens with one attached hydrogen (secondary N) is 1. The summed E-state index contributed by atoms with van der Waals surface area (Å²) in [6.07, 6.45) is 0. The van der Waals surface area contributed by atoms with Crippen LogP contribution in [-0.2, 0) is 0 Å². The van der Waals surface area contributed by atoms with E-state index in [0.717, 1.165) is 21.2 Å². The summed E-state index contributed by atoms with van der Waals surface area (Å²) in [7, 11) is 0. The Kier molecular flexibility index (Phi) is 1.81. The lowest BCUT2D eigenvalue weighted by Crippen LogP contribution is -1.95. The van der Waals surface area contributed by atoms with Crippen molar-refractivity contribution >= 4 is 27.2 Å². The molecule has 1 aromatic carbocycles. The summed E-state index contributed by atoms with van der Waals surface area (Å²) in [6, 6.07) is 5.75. The van der Waals surface area contributed by atoms with Gasteiger partial charge in [0.15, 0.2) is 0 Å². The second-order valence-corrected chi connectivity index (χ2v) is 3.87. The lowest BCUT2D eigenvalue weighted by molar-refractivity contribution is 1.46. The number of benzene rings is 1. The van der Waals surface area contributed by atoms with Gasteiger partial charge in [-0.2, -0.15) is 0 Å². The lowest BCUT2D eigenvalue weighted by Gasteiger charge is -1.97. The molecule has 0 spiro atoms. The topological polar surface area (TPSA) is 32.9 Å². The first-order valence-corrected chi connectivity index (χ1v) is 4.77. The molecule has 0 saturated heterocycles. The molecule has 66 valence electrons. The number of allylic oxidation sites excluding steroid dienone is 1. The Bertz CT molecular complexity index is 521. The highest BCUT2D eigenvalue weighted by Crippen LogP contribution is 2.19. The van der Waals surface area contributed by atoms with Gasteiger partial charge in [0.05, 0.1) is 10.1 Å². The Morgan fingerprint density at radius 3 is 3.00 bits per heavy atom. The van der Waals surface area contributed by atoms with Gasteiger partial charge in [-0.3, -0.25) is 9.17 Å². The number of rotatable bonds is 1. The van der Waals surface area contributed by atoms with Crippen LogP contribution in [0.25, 0.3) is 15.7 Å². The number of aromatic nitrogens is 1. The number of hydrogen-bond donors (Lipinski definition) is 1. The number of hydrogen-bond acceptors (Lipinski definition) is 2. The molecule has 0 unspecified atom stereocenters. The number of H-pyrrole nitrogens is 1. The van der Waals surface area contributed by atoms with Crippen LogP contribution < -0.4 is 5.56 Å². The summed E-state index contributed by atoms with van der Waals surface area (Å²) < 4.78 is 3.69. The monoisotopic (exact) mass is 191 g/mol. The zero-order valence-corrected chi connectivity index (χ0v) is 8.07. The normalized spacial score (nSPS) is 10.5. The maximum absolute atomic E-state index is 11.2. The molecule has 2 rings (SSSR count). The minimum absolute atomic E-state index is 0.00624. The van der Waals surface area contributed by atoms with E-state index in [4.69, 9.17) is 0 Å². The first kappa shape index (κ1) is 8.26. The van der Waals surface area contributed by atoms with Gasteiger partial charge in [0.25, 0.3) is 5.56 Å². The Labute approximate surface area is 79.7 Å². The van der Waals surface area contributed by atoms with Crippen molar-refractivity contribution in [3.05, 3.63) is 40.7 Å². The minimum atomic E-state index is -0.00624. The standard InChI is InChI=1S/C10H9NOS/c1-6(2)7-3-4-8-9(5-7)13-11-10(8)12/h3-5H,1H2,2H3,(H,11,12). The van der Waals surface area contributed by atoms with Gasteiger partial charge in [0.1, 0.15) is 0 Å². The van der Waals surface area contributed by atoms with Crippen molar-refractivity contribution < 1.29 is 0 Å². The molecule has 1 heterocycles. The highest BCUT2D eigenvalue weighted by Gasteiger charge is 2.01. The Hall–Kier alpha value is -1.35. The molecule has 0 aliphatic rings. The van der Waals surface area contributed by atoms with Gasteiger partial charge in [-0.05, 0) is 24.6 Å². The second kappa shape index (κ2) is 2.85. The van der Waals surface area contributed by atoms with Gasteiger partial charge in [-0.15, -0.1) is 0 Å². The Balaban J connectivity index is 2.77. The average molecular weight is 191 g/mol. The van der Waals surface area contributed by atoms with Gasteiger partial charge in [0, 0.05) is 0 Å². The van der Waals surface area contributed by atoms with Crippen molar-refractivity contribution in [1.82, 2.24) is 4.37 Å². The fourth-order valence-electron chi connectivity index (χ4n) is 1.22. The molecule has 0 fully saturated rings. The van der Waals surface area contributed by atoms with Crippen molar-refractivity contribution in [2.75, 3.05) is 0 Å². The summed E-state index contributed by atoms with van der Waals surface area (Å²) in [5.41, 5.74) is 2.10. The lowest BCUT2D eigenvalue weighted by atomic mass is 10.1. The van der Waals surface area contributed by atoms with E-state index < -0.39 is 0 Å². The van der Waals surface area contributed by atoms with Crippen LogP contribution >= 0.6 is 11.5 Å². The van der Waals surface area contributed by atoms with E-state index >= 15 is 0 Å². The average Bonchev–Trinajstić information content (AvgIpc) is 2.47. The molecule has 3 heteroatoms. The number of aromatic amines is 1. The van der Waals surface area contributed by atoms with Crippen LogP contribution in [0.5, 0.6) is 0 Å². The second-order valence-electron chi connectivity index (χ2n) is 3.02. The summed E-state index contributed by atoms with van der Waals surface area (Å²) in [5.74, 6) is 0. The first-order valence-electron chi connectivity index (χ1n) is 3.95. The molecule has 0 radical (unpaired) electrons. The fraction of sp³-hybridized carbons (Fsp3) is 0.100. The maximum atomic E-state index is 11.2. The fourth-order valence-corrected chi connectivity index (χ4v) is 1.99. The SMILES string of the molecule is C=C(C)c1ccc2c(=O)[nH]sc2c1. The predicted octanol–water partition coefficient (Wildman–Crippen LogP) is 2.62. The van der Waals surface area contributed by atoms with Gasteiger partial charge in [0.2, 0.25) is 0 Å². The molecule has 0 saturated carbocycles. The third-order valence-electron chi connectivity index (χ3n) is 1.97. The summed E-state index contributed by atoms with van der Waals surface area (Å²) in [4.78, 5) is 11.2. The van der Waals surface area contributed by atoms with Gasteiger partial charge < -0.3 is 0 Å². The van der Waals surface area contributed by atoms with E-state index in [2.05, 4.69) is 11.0 Å². The molecular weight excluding hydrogens is 182 g/mol. The van der Waals surface area contributed by atoms with E-state index in [9.17, 15) is 4.79 Å². The van der Waals surface area contributed by atoms with Crippen LogP contribution in [0.2, 0.25) is 0 Å². The molecule has 2 nitrogen and oxygen atoms in total. The summed E-state index contributed by atoms with van der Waals surface area (Å²) >= 11 is 1.37. The van der Waals surface area contributed by atoms with E-state index in [-0.39, 0.29) is 5.56 Å². The van der Waals surface area contributed by atoms with Crippen molar-refractivity contribution in [2.24, 2.45) is 0 Å². The molecule has 0 aliphatic carbocycles. The third-order valence-corrected chi connectivity index (χ3v) is 2.82. The largest absolute Gasteiger partial charge is 0.277 e. The smallest absolute Gasteiger partial charge is 0.265 e. The molecule has 0 aliphatic heterocycles. The highest BCUT2D eigenvalue weighted by atomic mass is 32.1. The Morgan fingerprint density at radius 2 is 2.31 bits per heavy atom. The highest BCUT2D eigenvalue weighted by molar-refractivity contribution is 7.13. The van der Waals surface area contributed by atoms with E-state index in [1.54, 1.807) is 0 Å². The zero-order chi connectivity index (χ0) is 9.42. The maximum Gasteiger partial charge on any atom is 0.265 e. The van der Waals surface area contributed by atoms with E-state index in [0.29, 0.717) is 0 Å². The van der Waals surface area contributed by atoms with Crippen molar-refractivity contribution in [3.63, 3.8) is 0 Å². The molecule has 0 atom stereocenters. The van der Waals surface area contributed by atoms with Crippen LogP contribution in [-0.4, -0.2) is 4.37 Å². The first-order chi connectivity index (χ1) is 6.18. The van der Waals surface area contributed by atoms with Gasteiger partial charge in [-0.25, -0.2) is 0 Å². The van der Waals surface area contributed by atoms with E-state index in [1.807, 2.05) is 25.1 Å². The number of fused-ring (bicyclic) bond motifs is 1. The van der Waals surface area contributed by atoms with Crippen LogP contribution in [0, 0.1) is 0 Å². The molecule has 13 heavy (non-hydrogen) atoms. The molecule has 0 amide bonds. The molecule has 1 aromatic heterocycles.